The third kappa shape index (κ3) is 3.64. The molecule has 2 fully saturated rings. The summed E-state index contributed by atoms with van der Waals surface area (Å²) in [5.41, 5.74) is -0.240. The van der Waals surface area contributed by atoms with Gasteiger partial charge in [-0.2, -0.15) is 13.2 Å². The highest BCUT2D eigenvalue weighted by Gasteiger charge is 2.48. The van der Waals surface area contributed by atoms with Crippen molar-refractivity contribution >= 4 is 36.1 Å². The summed E-state index contributed by atoms with van der Waals surface area (Å²) < 4.78 is 52.0. The average molecular weight is 395 g/mol. The second-order valence-electron chi connectivity index (χ2n) is 6.11. The normalized spacial score (nSPS) is 21.5. The smallest absolute Gasteiger partial charge is 0.289 e. The first kappa shape index (κ1) is 18.5. The van der Waals surface area contributed by atoms with Crippen LogP contribution in [-0.4, -0.2) is 46.5 Å². The molecule has 0 bridgehead atoms. The number of carbonyl (C=O) groups excluding carboxylic acids is 1. The first-order valence-corrected chi connectivity index (χ1v) is 9.13. The molecule has 10 heteroatoms. The summed E-state index contributed by atoms with van der Waals surface area (Å²) in [4.78, 5) is 14.3. The molecule has 0 spiro atoms. The van der Waals surface area contributed by atoms with Crippen molar-refractivity contribution in [3.05, 3.63) is 23.5 Å². The molecule has 1 saturated carbocycles. The van der Waals surface area contributed by atoms with Crippen LogP contribution in [0, 0.1) is 12.7 Å². The highest BCUT2D eigenvalue weighted by Crippen LogP contribution is 2.41. The number of amides is 2. The van der Waals surface area contributed by atoms with Crippen molar-refractivity contribution in [1.82, 2.24) is 9.91 Å². The minimum atomic E-state index is -4.32. The predicted octanol–water partition coefficient (Wildman–Crippen LogP) is 4.25. The summed E-state index contributed by atoms with van der Waals surface area (Å²) in [6.07, 6.45) is -2.58. The van der Waals surface area contributed by atoms with Crippen molar-refractivity contribution in [2.75, 3.05) is 17.8 Å². The lowest BCUT2D eigenvalue weighted by Gasteiger charge is -2.29. The van der Waals surface area contributed by atoms with Gasteiger partial charge in [0.25, 0.3) is 0 Å². The molecule has 1 aliphatic heterocycles. The van der Waals surface area contributed by atoms with Gasteiger partial charge in [0.05, 0.1) is 11.4 Å². The molecule has 2 aliphatic rings. The van der Waals surface area contributed by atoms with Crippen molar-refractivity contribution in [1.29, 1.82) is 0 Å². The maximum atomic E-state index is 14.5. The lowest BCUT2D eigenvalue weighted by molar-refractivity contribution is -0.105. The fraction of sp³-hybridized carbons (Fsp3) is 0.533. The molecule has 0 N–H and O–H groups in total. The Morgan fingerprint density at radius 3 is 2.52 bits per heavy atom. The van der Waals surface area contributed by atoms with Gasteiger partial charge >= 0.3 is 12.2 Å². The van der Waals surface area contributed by atoms with Crippen LogP contribution in [0.5, 0.6) is 0 Å². The van der Waals surface area contributed by atoms with E-state index in [1.54, 1.807) is 11.8 Å². The zero-order valence-corrected chi connectivity index (χ0v) is 15.3. The van der Waals surface area contributed by atoms with Crippen LogP contribution in [0.3, 0.4) is 0 Å². The average Bonchev–Trinajstić information content (AvgIpc) is 3.29. The summed E-state index contributed by atoms with van der Waals surface area (Å²) in [6.45, 7) is 1.55. The monoisotopic (exact) mass is 395 g/mol. The zero-order chi connectivity index (χ0) is 18.5. The highest BCUT2D eigenvalue weighted by molar-refractivity contribution is 7.99. The Balaban J connectivity index is 1.92. The molecule has 1 aromatic carbocycles. The number of hydrogen-bond donors (Lipinski definition) is 1. The SMILES string of the molecule is Cc1cc(F)c(N2C(S)N(C3CC3)C(=O)N2C)cc1SCC(F)(F)F. The summed E-state index contributed by atoms with van der Waals surface area (Å²) in [6, 6.07) is 2.32. The van der Waals surface area contributed by atoms with Crippen LogP contribution >= 0.6 is 24.4 Å². The highest BCUT2D eigenvalue weighted by atomic mass is 32.2. The van der Waals surface area contributed by atoms with Crippen LogP contribution in [0.1, 0.15) is 18.4 Å². The molecule has 0 radical (unpaired) electrons. The number of halogens is 4. The number of aryl methyl sites for hydroxylation is 1. The molecule has 25 heavy (non-hydrogen) atoms. The number of nitrogens with zero attached hydrogens (tertiary/aromatic N) is 3. The number of thiol groups is 1. The number of rotatable bonds is 4. The van der Waals surface area contributed by atoms with Gasteiger partial charge in [-0.1, -0.05) is 0 Å². The summed E-state index contributed by atoms with van der Waals surface area (Å²) in [7, 11) is 1.50. The Labute approximate surface area is 152 Å². The van der Waals surface area contributed by atoms with Gasteiger partial charge in [0.1, 0.15) is 5.82 Å². The van der Waals surface area contributed by atoms with Crippen LogP contribution in [0.2, 0.25) is 0 Å². The van der Waals surface area contributed by atoms with Gasteiger partial charge in [-0.3, -0.25) is 4.90 Å². The van der Waals surface area contributed by atoms with Crippen molar-refractivity contribution < 1.29 is 22.4 Å². The van der Waals surface area contributed by atoms with E-state index >= 15 is 0 Å². The third-order valence-corrected chi connectivity index (χ3v) is 5.80. The molecule has 1 aromatic rings. The van der Waals surface area contributed by atoms with E-state index in [0.717, 1.165) is 12.8 Å². The fourth-order valence-corrected chi connectivity index (χ4v) is 4.11. The molecule has 1 heterocycles. The second kappa shape index (κ2) is 6.46. The van der Waals surface area contributed by atoms with Crippen molar-refractivity contribution in [2.24, 2.45) is 0 Å². The van der Waals surface area contributed by atoms with Gasteiger partial charge in [0.15, 0.2) is 5.50 Å². The fourth-order valence-electron chi connectivity index (χ4n) is 2.75. The van der Waals surface area contributed by atoms with E-state index in [9.17, 15) is 22.4 Å². The molecular formula is C15H17F4N3OS2. The summed E-state index contributed by atoms with van der Waals surface area (Å²) in [5, 5.41) is 2.62. The Hall–Kier alpha value is -1.29. The number of carbonyl (C=O) groups is 1. The number of hydrazine groups is 1. The Morgan fingerprint density at radius 1 is 1.32 bits per heavy atom. The van der Waals surface area contributed by atoms with Crippen molar-refractivity contribution in [3.63, 3.8) is 0 Å². The van der Waals surface area contributed by atoms with Crippen LogP contribution in [0.4, 0.5) is 28.0 Å². The molecule has 1 saturated heterocycles. The maximum absolute atomic E-state index is 14.5. The van der Waals surface area contributed by atoms with Crippen molar-refractivity contribution in [2.45, 2.75) is 42.4 Å². The van der Waals surface area contributed by atoms with Crippen LogP contribution in [-0.2, 0) is 0 Å². The van der Waals surface area contributed by atoms with E-state index in [2.05, 4.69) is 12.6 Å². The lowest BCUT2D eigenvalue weighted by Crippen LogP contribution is -2.39. The van der Waals surface area contributed by atoms with Crippen LogP contribution < -0.4 is 5.01 Å². The minimum absolute atomic E-state index is 0.0364. The van der Waals surface area contributed by atoms with Crippen LogP contribution in [0.25, 0.3) is 0 Å². The number of alkyl halides is 3. The maximum Gasteiger partial charge on any atom is 0.398 e. The number of thioether (sulfide) groups is 1. The van der Waals surface area contributed by atoms with Gasteiger partial charge in [-0.25, -0.2) is 19.2 Å². The Bertz CT molecular complexity index is 696. The van der Waals surface area contributed by atoms with E-state index in [-0.39, 0.29) is 17.8 Å². The summed E-state index contributed by atoms with van der Waals surface area (Å²) >= 11 is 5.03. The minimum Gasteiger partial charge on any atom is -0.289 e. The van der Waals surface area contributed by atoms with Gasteiger partial charge in [0, 0.05) is 18.0 Å². The molecule has 138 valence electrons. The van der Waals surface area contributed by atoms with E-state index in [1.807, 2.05) is 0 Å². The lowest BCUT2D eigenvalue weighted by atomic mass is 10.2. The van der Waals surface area contributed by atoms with Gasteiger partial charge in [0.2, 0.25) is 0 Å². The van der Waals surface area contributed by atoms with Gasteiger partial charge < -0.3 is 0 Å². The third-order valence-electron chi connectivity index (χ3n) is 4.11. The van der Waals surface area contributed by atoms with E-state index < -0.39 is 23.2 Å². The quantitative estimate of drug-likeness (QED) is 0.469. The zero-order valence-electron chi connectivity index (χ0n) is 13.5. The standard InChI is InChI=1S/C15H17F4N3OS2/c1-8-5-10(16)11(6-12(8)25-7-15(17,18)19)22-14(24)21(9-3-4-9)13(23)20(22)2/h5-6,9,14,24H,3-4,7H2,1-2H3. The summed E-state index contributed by atoms with van der Waals surface area (Å²) in [5.74, 6) is -1.67. The molecule has 4 nitrogen and oxygen atoms in total. The Kier molecular flexibility index (Phi) is 4.78. The molecule has 1 atom stereocenters. The second-order valence-corrected chi connectivity index (χ2v) is 7.59. The Morgan fingerprint density at radius 2 is 1.96 bits per heavy atom. The largest absolute Gasteiger partial charge is 0.398 e. The predicted molar refractivity (Wildman–Crippen MR) is 91.2 cm³/mol. The molecule has 2 amide bonds. The van der Waals surface area contributed by atoms with E-state index in [4.69, 9.17) is 0 Å². The number of hydrogen-bond acceptors (Lipinski definition) is 4. The first-order chi connectivity index (χ1) is 11.6. The topological polar surface area (TPSA) is 26.8 Å². The van der Waals surface area contributed by atoms with Gasteiger partial charge in [-0.05, 0) is 37.5 Å². The number of anilines is 1. The molecule has 3 rings (SSSR count). The molecule has 0 aromatic heterocycles. The number of urea groups is 1. The van der Waals surface area contributed by atoms with E-state index in [0.29, 0.717) is 22.2 Å². The molecule has 1 aliphatic carbocycles. The molecular weight excluding hydrogens is 378 g/mol. The number of benzene rings is 1. The molecule has 1 unspecified atom stereocenters. The van der Waals surface area contributed by atoms with E-state index in [1.165, 1.54) is 29.2 Å². The van der Waals surface area contributed by atoms with Crippen molar-refractivity contribution in [3.8, 4) is 0 Å². The van der Waals surface area contributed by atoms with Gasteiger partial charge in [-0.15, -0.1) is 24.4 Å². The first-order valence-electron chi connectivity index (χ1n) is 7.63. The van der Waals surface area contributed by atoms with Crippen LogP contribution in [0.15, 0.2) is 17.0 Å².